The van der Waals surface area contributed by atoms with Gasteiger partial charge in [0.25, 0.3) is 5.56 Å². The third kappa shape index (κ3) is 4.54. The molecule has 5 nitrogen and oxygen atoms in total. The van der Waals surface area contributed by atoms with Gasteiger partial charge in [-0.3, -0.25) is 9.78 Å². The molecule has 0 bridgehead atoms. The zero-order valence-corrected chi connectivity index (χ0v) is 14.7. The van der Waals surface area contributed by atoms with Crippen LogP contribution in [-0.4, -0.2) is 15.7 Å². The van der Waals surface area contributed by atoms with E-state index in [4.69, 9.17) is 0 Å². The summed E-state index contributed by atoms with van der Waals surface area (Å²) in [6.45, 7) is 3.81. The summed E-state index contributed by atoms with van der Waals surface area (Å²) in [5.41, 5.74) is 7.19. The van der Waals surface area contributed by atoms with E-state index in [1.54, 1.807) is 6.92 Å². The predicted octanol–water partition coefficient (Wildman–Crippen LogP) is 4.00. The van der Waals surface area contributed by atoms with Crippen LogP contribution in [0.15, 0.2) is 82.7 Å². The molecule has 1 heterocycles. The molecule has 5 heteroatoms. The summed E-state index contributed by atoms with van der Waals surface area (Å²) in [4.78, 5) is 18.5. The summed E-state index contributed by atoms with van der Waals surface area (Å²) >= 11 is 0. The van der Waals surface area contributed by atoms with Crippen LogP contribution in [0, 0.1) is 6.92 Å². The Balaban J connectivity index is 1.97. The Morgan fingerprint density at radius 1 is 1.04 bits per heavy atom. The fraction of sp³-hybridized carbons (Fsp3) is 0.0952. The number of nitrogens with one attached hydrogen (secondary N) is 2. The van der Waals surface area contributed by atoms with E-state index in [1.165, 1.54) is 6.07 Å². The average molecular weight is 344 g/mol. The molecule has 0 unspecified atom stereocenters. The van der Waals surface area contributed by atoms with Crippen LogP contribution in [0.4, 0.5) is 5.95 Å². The molecule has 1 aromatic heterocycles. The van der Waals surface area contributed by atoms with Crippen molar-refractivity contribution in [3.05, 3.63) is 100.0 Å². The summed E-state index contributed by atoms with van der Waals surface area (Å²) in [7, 11) is 0. The van der Waals surface area contributed by atoms with Crippen LogP contribution in [0.5, 0.6) is 0 Å². The maximum absolute atomic E-state index is 11.6. The number of allylic oxidation sites excluding steroid dienone is 2. The average Bonchev–Trinajstić information content (AvgIpc) is 2.65. The standard InChI is InChI=1S/C21H20N4O/c1-15(17-9-5-3-6-10-17)13-19(18-11-7-4-8-12-18)24-25-21-22-16(2)14-20(26)23-21/h3-14H,1-2H3,(H2,22,23,25,26)/b15-13-,24-19+. The molecule has 0 radical (unpaired) electrons. The maximum atomic E-state index is 11.6. The number of aryl methyl sites for hydroxylation is 1. The first-order chi connectivity index (χ1) is 12.6. The summed E-state index contributed by atoms with van der Waals surface area (Å²) in [6, 6.07) is 21.4. The topological polar surface area (TPSA) is 70.1 Å². The van der Waals surface area contributed by atoms with Gasteiger partial charge in [0.05, 0.1) is 5.71 Å². The molecule has 0 aliphatic heterocycles. The van der Waals surface area contributed by atoms with Crippen molar-refractivity contribution in [2.45, 2.75) is 13.8 Å². The summed E-state index contributed by atoms with van der Waals surface area (Å²) in [5.74, 6) is 0.314. The van der Waals surface area contributed by atoms with Gasteiger partial charge in [-0.1, -0.05) is 60.7 Å². The quantitative estimate of drug-likeness (QED) is 0.543. The van der Waals surface area contributed by atoms with Crippen molar-refractivity contribution in [3.8, 4) is 0 Å². The SMILES string of the molecule is C/C(=C/C(=N\Nc1nc(C)cc(=O)[nH]1)c1ccccc1)c1ccccc1. The van der Waals surface area contributed by atoms with E-state index in [2.05, 4.69) is 32.6 Å². The summed E-state index contributed by atoms with van der Waals surface area (Å²) in [5, 5.41) is 4.47. The van der Waals surface area contributed by atoms with Gasteiger partial charge in [-0.05, 0) is 31.1 Å². The molecule has 130 valence electrons. The van der Waals surface area contributed by atoms with Gasteiger partial charge >= 0.3 is 0 Å². The van der Waals surface area contributed by atoms with E-state index in [0.29, 0.717) is 11.6 Å². The summed E-state index contributed by atoms with van der Waals surface area (Å²) < 4.78 is 0. The fourth-order valence-corrected chi connectivity index (χ4v) is 2.52. The van der Waals surface area contributed by atoms with Crippen molar-refractivity contribution < 1.29 is 0 Å². The van der Waals surface area contributed by atoms with E-state index in [1.807, 2.05) is 61.5 Å². The Morgan fingerprint density at radius 3 is 2.27 bits per heavy atom. The van der Waals surface area contributed by atoms with E-state index in [0.717, 1.165) is 22.4 Å². The van der Waals surface area contributed by atoms with Crippen molar-refractivity contribution in [2.75, 3.05) is 5.43 Å². The lowest BCUT2D eigenvalue weighted by Gasteiger charge is -2.07. The van der Waals surface area contributed by atoms with Crippen LogP contribution in [0.3, 0.4) is 0 Å². The van der Waals surface area contributed by atoms with Gasteiger partial charge in [0.15, 0.2) is 0 Å². The molecule has 0 fully saturated rings. The van der Waals surface area contributed by atoms with Crippen LogP contribution in [0.1, 0.15) is 23.7 Å². The van der Waals surface area contributed by atoms with E-state index < -0.39 is 0 Å². The smallest absolute Gasteiger partial charge is 0.252 e. The molecule has 0 saturated heterocycles. The largest absolute Gasteiger partial charge is 0.291 e. The molecule has 0 aliphatic rings. The molecule has 0 amide bonds. The molecular weight excluding hydrogens is 324 g/mol. The molecule has 2 aromatic carbocycles. The fourth-order valence-electron chi connectivity index (χ4n) is 2.52. The first-order valence-electron chi connectivity index (χ1n) is 8.32. The number of nitrogens with zero attached hydrogens (tertiary/aromatic N) is 2. The maximum Gasteiger partial charge on any atom is 0.252 e. The van der Waals surface area contributed by atoms with Gasteiger partial charge in [0.2, 0.25) is 5.95 Å². The first kappa shape index (κ1) is 17.4. The highest BCUT2D eigenvalue weighted by Crippen LogP contribution is 2.15. The second-order valence-corrected chi connectivity index (χ2v) is 5.90. The van der Waals surface area contributed by atoms with E-state index in [9.17, 15) is 4.79 Å². The highest BCUT2D eigenvalue weighted by atomic mass is 16.1. The lowest BCUT2D eigenvalue weighted by molar-refractivity contribution is 1.04. The number of hydrogen-bond donors (Lipinski definition) is 2. The number of H-pyrrole nitrogens is 1. The molecular formula is C21H20N4O. The molecule has 3 aromatic rings. The van der Waals surface area contributed by atoms with Crippen LogP contribution >= 0.6 is 0 Å². The zero-order valence-electron chi connectivity index (χ0n) is 14.7. The van der Waals surface area contributed by atoms with Crippen molar-refractivity contribution in [2.24, 2.45) is 5.10 Å². The molecule has 3 rings (SSSR count). The van der Waals surface area contributed by atoms with E-state index >= 15 is 0 Å². The normalized spacial score (nSPS) is 12.1. The number of hydrazone groups is 1. The first-order valence-corrected chi connectivity index (χ1v) is 8.32. The number of anilines is 1. The predicted molar refractivity (Wildman–Crippen MR) is 106 cm³/mol. The van der Waals surface area contributed by atoms with Gasteiger partial charge in [-0.2, -0.15) is 5.10 Å². The molecule has 0 aliphatic carbocycles. The van der Waals surface area contributed by atoms with Gasteiger partial charge in [-0.25, -0.2) is 10.4 Å². The molecule has 26 heavy (non-hydrogen) atoms. The number of aromatic amines is 1. The minimum absolute atomic E-state index is 0.215. The molecule has 0 saturated carbocycles. The Labute approximate surface area is 152 Å². The lowest BCUT2D eigenvalue weighted by atomic mass is 10.0. The van der Waals surface area contributed by atoms with Gasteiger partial charge in [0.1, 0.15) is 0 Å². The minimum Gasteiger partial charge on any atom is -0.291 e. The molecule has 0 spiro atoms. The highest BCUT2D eigenvalue weighted by molar-refractivity contribution is 6.12. The number of rotatable bonds is 5. The molecule has 0 atom stereocenters. The minimum atomic E-state index is -0.215. The van der Waals surface area contributed by atoms with Crippen LogP contribution < -0.4 is 11.0 Å². The second kappa shape index (κ2) is 8.07. The lowest BCUT2D eigenvalue weighted by Crippen LogP contribution is -2.11. The Kier molecular flexibility index (Phi) is 5.39. The second-order valence-electron chi connectivity index (χ2n) is 5.90. The van der Waals surface area contributed by atoms with Crippen molar-refractivity contribution in [1.29, 1.82) is 0 Å². The number of benzene rings is 2. The van der Waals surface area contributed by atoms with Crippen LogP contribution in [0.25, 0.3) is 5.57 Å². The van der Waals surface area contributed by atoms with Crippen LogP contribution in [0.2, 0.25) is 0 Å². The number of aromatic nitrogens is 2. The Hall–Kier alpha value is -3.47. The Bertz CT molecular complexity index is 989. The van der Waals surface area contributed by atoms with Crippen molar-refractivity contribution >= 4 is 17.2 Å². The summed E-state index contributed by atoms with van der Waals surface area (Å²) in [6.07, 6.45) is 2.01. The van der Waals surface area contributed by atoms with E-state index in [-0.39, 0.29) is 5.56 Å². The van der Waals surface area contributed by atoms with Crippen LogP contribution in [-0.2, 0) is 0 Å². The van der Waals surface area contributed by atoms with Gasteiger partial charge in [0, 0.05) is 17.3 Å². The van der Waals surface area contributed by atoms with Gasteiger partial charge < -0.3 is 0 Å². The van der Waals surface area contributed by atoms with Gasteiger partial charge in [-0.15, -0.1) is 0 Å². The van der Waals surface area contributed by atoms with Crippen molar-refractivity contribution in [3.63, 3.8) is 0 Å². The third-order valence-corrected chi connectivity index (χ3v) is 3.80. The monoisotopic (exact) mass is 344 g/mol. The number of hydrogen-bond acceptors (Lipinski definition) is 4. The molecule has 2 N–H and O–H groups in total. The zero-order chi connectivity index (χ0) is 18.4. The van der Waals surface area contributed by atoms with Crippen molar-refractivity contribution in [1.82, 2.24) is 9.97 Å². The third-order valence-electron chi connectivity index (χ3n) is 3.80. The highest BCUT2D eigenvalue weighted by Gasteiger charge is 2.04. The Morgan fingerprint density at radius 2 is 1.65 bits per heavy atom.